The largest absolute Gasteiger partial charge is 0.378 e. The van der Waals surface area contributed by atoms with Crippen molar-refractivity contribution in [2.45, 2.75) is 17.4 Å². The summed E-state index contributed by atoms with van der Waals surface area (Å²) in [5.74, 6) is 0.0511. The average Bonchev–Trinajstić information content (AvgIpc) is 2.85. The predicted octanol–water partition coefficient (Wildman–Crippen LogP) is 3.12. The number of halogens is 2. The maximum atomic E-state index is 12.7. The van der Waals surface area contributed by atoms with E-state index in [0.717, 1.165) is 36.3 Å². The van der Waals surface area contributed by atoms with Gasteiger partial charge in [-0.15, -0.1) is 0 Å². The molecule has 0 spiro atoms. The summed E-state index contributed by atoms with van der Waals surface area (Å²) in [6, 6.07) is 10.7. The lowest BCUT2D eigenvalue weighted by molar-refractivity contribution is 0.0164. The second kappa shape index (κ2) is 14.6. The van der Waals surface area contributed by atoms with E-state index < -0.39 is 10.0 Å². The fourth-order valence-electron chi connectivity index (χ4n) is 4.06. The van der Waals surface area contributed by atoms with E-state index in [1.54, 1.807) is 18.2 Å². The van der Waals surface area contributed by atoms with Gasteiger partial charge in [0.1, 0.15) is 0 Å². The van der Waals surface area contributed by atoms with Gasteiger partial charge in [0.2, 0.25) is 10.0 Å². The molecule has 0 saturated carbocycles. The number of rotatable bonds is 15. The molecule has 0 fully saturated rings. The monoisotopic (exact) mass is 559 g/mol. The lowest BCUT2D eigenvalue weighted by Crippen LogP contribution is -2.31. The third kappa shape index (κ3) is 8.65. The molecule has 0 aliphatic carbocycles. The number of likely N-dealkylation sites (N-methyl/N-ethyl adjacent to an activating group) is 2. The molecule has 1 aliphatic heterocycles. The summed E-state index contributed by atoms with van der Waals surface area (Å²) in [6.07, 6.45) is 0. The lowest BCUT2D eigenvalue weighted by Gasteiger charge is -2.33. The maximum absolute atomic E-state index is 12.7. The van der Waals surface area contributed by atoms with Crippen molar-refractivity contribution in [2.24, 2.45) is 0 Å². The van der Waals surface area contributed by atoms with Crippen LogP contribution in [0, 0.1) is 0 Å². The van der Waals surface area contributed by atoms with Crippen LogP contribution in [0.5, 0.6) is 0 Å². The first-order valence-corrected chi connectivity index (χ1v) is 14.2. The van der Waals surface area contributed by atoms with Gasteiger partial charge in [-0.2, -0.15) is 0 Å². The van der Waals surface area contributed by atoms with E-state index in [9.17, 15) is 8.42 Å². The van der Waals surface area contributed by atoms with E-state index in [1.807, 2.05) is 32.3 Å². The summed E-state index contributed by atoms with van der Waals surface area (Å²) >= 11 is 12.7. The molecule has 0 aromatic heterocycles. The van der Waals surface area contributed by atoms with Crippen molar-refractivity contribution in [3.63, 3.8) is 0 Å². The van der Waals surface area contributed by atoms with Crippen molar-refractivity contribution in [2.75, 3.05) is 73.4 Å². The average molecular weight is 561 g/mol. The van der Waals surface area contributed by atoms with E-state index in [0.29, 0.717) is 43.1 Å². The summed E-state index contributed by atoms with van der Waals surface area (Å²) < 4.78 is 44.2. The quantitative estimate of drug-likeness (QED) is 0.324. The molecule has 0 amide bonds. The Kier molecular flexibility index (Phi) is 11.9. The van der Waals surface area contributed by atoms with Crippen molar-refractivity contribution >= 4 is 33.2 Å². The van der Waals surface area contributed by atoms with Gasteiger partial charge in [-0.05, 0) is 55.1 Å². The second-order valence-corrected chi connectivity index (χ2v) is 11.2. The van der Waals surface area contributed by atoms with Gasteiger partial charge in [0.25, 0.3) is 0 Å². The summed E-state index contributed by atoms with van der Waals surface area (Å²) in [6.45, 7) is 5.27. The number of hydrogen-bond donors (Lipinski definition) is 2. The SMILES string of the molecule is CNCCOCCOCCOCCNS(=O)(=O)c1ccc([C@@H]2CN(C)Cc3c(Cl)cc(Cl)cc32)cc1. The molecular weight excluding hydrogens is 525 g/mol. The Morgan fingerprint density at radius 1 is 0.944 bits per heavy atom. The zero-order valence-electron chi connectivity index (χ0n) is 20.8. The first-order valence-electron chi connectivity index (χ1n) is 12.0. The summed E-state index contributed by atoms with van der Waals surface area (Å²) in [4.78, 5) is 2.41. The molecular formula is C25H35Cl2N3O5S. The second-order valence-electron chi connectivity index (χ2n) is 8.61. The Labute approximate surface area is 224 Å². The van der Waals surface area contributed by atoms with Gasteiger partial charge in [-0.1, -0.05) is 35.3 Å². The van der Waals surface area contributed by atoms with Crippen LogP contribution in [0.1, 0.15) is 22.6 Å². The number of sulfonamides is 1. The smallest absolute Gasteiger partial charge is 0.240 e. The van der Waals surface area contributed by atoms with E-state index in [1.165, 1.54) is 0 Å². The van der Waals surface area contributed by atoms with Gasteiger partial charge in [0.15, 0.2) is 0 Å². The zero-order chi connectivity index (χ0) is 26.0. The molecule has 1 aliphatic rings. The third-order valence-corrected chi connectivity index (χ3v) is 7.90. The first kappa shape index (κ1) is 29.3. The van der Waals surface area contributed by atoms with Crippen LogP contribution >= 0.6 is 23.2 Å². The number of fused-ring (bicyclic) bond motifs is 1. The minimum Gasteiger partial charge on any atom is -0.378 e. The molecule has 0 unspecified atom stereocenters. The lowest BCUT2D eigenvalue weighted by atomic mass is 9.85. The normalized spacial score (nSPS) is 16.3. The molecule has 2 aromatic carbocycles. The minimum atomic E-state index is -3.64. The Morgan fingerprint density at radius 3 is 2.19 bits per heavy atom. The van der Waals surface area contributed by atoms with Crippen molar-refractivity contribution in [3.8, 4) is 0 Å². The zero-order valence-corrected chi connectivity index (χ0v) is 23.1. The van der Waals surface area contributed by atoms with E-state index in [-0.39, 0.29) is 24.0 Å². The van der Waals surface area contributed by atoms with Crippen LogP contribution in [-0.2, 0) is 30.8 Å². The predicted molar refractivity (Wildman–Crippen MR) is 143 cm³/mol. The standard InChI is InChI=1S/C25H35Cl2N3O5S/c1-28-7-9-33-11-13-35-14-12-34-10-8-29-36(31,32)21-5-3-19(4-6-21)23-17-30(2)18-24-22(23)15-20(26)16-25(24)27/h3-6,15-16,23,28-29H,7-14,17-18H2,1-2H3/t23-/m0/s1. The minimum absolute atomic E-state index is 0.0511. The molecule has 1 atom stereocenters. The Balaban J connectivity index is 1.45. The van der Waals surface area contributed by atoms with Crippen molar-refractivity contribution < 1.29 is 22.6 Å². The van der Waals surface area contributed by atoms with E-state index >= 15 is 0 Å². The summed E-state index contributed by atoms with van der Waals surface area (Å²) in [5, 5.41) is 4.25. The molecule has 0 bridgehead atoms. The van der Waals surface area contributed by atoms with Gasteiger partial charge >= 0.3 is 0 Å². The molecule has 2 N–H and O–H groups in total. The third-order valence-electron chi connectivity index (χ3n) is 5.86. The Hall–Kier alpha value is -1.27. The molecule has 200 valence electrons. The van der Waals surface area contributed by atoms with Crippen LogP contribution in [0.15, 0.2) is 41.3 Å². The molecule has 36 heavy (non-hydrogen) atoms. The molecule has 1 heterocycles. The number of nitrogens with one attached hydrogen (secondary N) is 2. The highest BCUT2D eigenvalue weighted by Crippen LogP contribution is 2.38. The van der Waals surface area contributed by atoms with Crippen LogP contribution in [0.3, 0.4) is 0 Å². The van der Waals surface area contributed by atoms with Gasteiger partial charge in [-0.3, -0.25) is 0 Å². The van der Waals surface area contributed by atoms with Crippen molar-refractivity contribution in [3.05, 3.63) is 63.1 Å². The van der Waals surface area contributed by atoms with Crippen LogP contribution < -0.4 is 10.0 Å². The van der Waals surface area contributed by atoms with E-state index in [2.05, 4.69) is 14.9 Å². The van der Waals surface area contributed by atoms with Crippen LogP contribution in [0.2, 0.25) is 10.0 Å². The maximum Gasteiger partial charge on any atom is 0.240 e. The van der Waals surface area contributed by atoms with Crippen molar-refractivity contribution in [1.29, 1.82) is 0 Å². The molecule has 3 rings (SSSR count). The Morgan fingerprint density at radius 2 is 1.56 bits per heavy atom. The number of ether oxygens (including phenoxy) is 3. The number of benzene rings is 2. The fourth-order valence-corrected chi connectivity index (χ4v) is 5.64. The Bertz CT molecular complexity index is 1070. The number of nitrogens with zero attached hydrogens (tertiary/aromatic N) is 1. The summed E-state index contributed by atoms with van der Waals surface area (Å²) in [7, 11) is 0.272. The van der Waals surface area contributed by atoms with Crippen LogP contribution in [0.25, 0.3) is 0 Å². The van der Waals surface area contributed by atoms with Gasteiger partial charge < -0.3 is 24.4 Å². The molecule has 11 heteroatoms. The highest BCUT2D eigenvalue weighted by atomic mass is 35.5. The highest BCUT2D eigenvalue weighted by molar-refractivity contribution is 7.89. The molecule has 0 saturated heterocycles. The van der Waals surface area contributed by atoms with Gasteiger partial charge in [0, 0.05) is 42.1 Å². The molecule has 8 nitrogen and oxygen atoms in total. The molecule has 2 aromatic rings. The van der Waals surface area contributed by atoms with Gasteiger partial charge in [-0.25, -0.2) is 13.1 Å². The number of hydrogen-bond acceptors (Lipinski definition) is 7. The van der Waals surface area contributed by atoms with Crippen molar-refractivity contribution in [1.82, 2.24) is 14.9 Å². The van der Waals surface area contributed by atoms with Crippen LogP contribution in [0.4, 0.5) is 0 Å². The fraction of sp³-hybridized carbons (Fsp3) is 0.520. The van der Waals surface area contributed by atoms with E-state index in [4.69, 9.17) is 37.4 Å². The van der Waals surface area contributed by atoms with Crippen LogP contribution in [-0.4, -0.2) is 86.7 Å². The van der Waals surface area contributed by atoms with Gasteiger partial charge in [0.05, 0.1) is 44.5 Å². The topological polar surface area (TPSA) is 89.1 Å². The summed E-state index contributed by atoms with van der Waals surface area (Å²) in [5.41, 5.74) is 3.15. The highest BCUT2D eigenvalue weighted by Gasteiger charge is 2.27. The first-order chi connectivity index (χ1) is 17.3. The molecule has 0 radical (unpaired) electrons.